The molecule has 2 N–H and O–H groups in total. The zero-order chi connectivity index (χ0) is 31.8. The van der Waals surface area contributed by atoms with E-state index < -0.39 is 17.9 Å². The van der Waals surface area contributed by atoms with Gasteiger partial charge in [0.05, 0.1) is 48.1 Å². The van der Waals surface area contributed by atoms with Crippen LogP contribution >= 0.6 is 0 Å². The number of benzene rings is 2. The molecule has 0 fully saturated rings. The summed E-state index contributed by atoms with van der Waals surface area (Å²) in [7, 11) is 3.10. The quantitative estimate of drug-likeness (QED) is 0.298. The van der Waals surface area contributed by atoms with Gasteiger partial charge in [-0.05, 0) is 69.3 Å². The number of carbonyl (C=O) groups is 3. The fourth-order valence-electron chi connectivity index (χ4n) is 3.33. The Kier molecular flexibility index (Phi) is 16.8. The molecule has 0 unspecified atom stereocenters. The number of phenols is 2. The van der Waals surface area contributed by atoms with Crippen LogP contribution in [0.4, 0.5) is 0 Å². The van der Waals surface area contributed by atoms with Gasteiger partial charge in [-0.25, -0.2) is 9.97 Å². The van der Waals surface area contributed by atoms with Gasteiger partial charge < -0.3 is 49.4 Å². The van der Waals surface area contributed by atoms with E-state index in [4.69, 9.17) is 39.2 Å². The van der Waals surface area contributed by atoms with Gasteiger partial charge in [0.15, 0.2) is 0 Å². The van der Waals surface area contributed by atoms with Crippen molar-refractivity contribution in [2.75, 3.05) is 14.2 Å². The Bertz CT molecular complexity index is 1380. The van der Waals surface area contributed by atoms with E-state index in [9.17, 15) is 10.2 Å². The van der Waals surface area contributed by atoms with Crippen molar-refractivity contribution in [2.45, 2.75) is 20.8 Å². The molecule has 0 saturated carbocycles. The molecule has 0 radical (unpaired) electrons. The van der Waals surface area contributed by atoms with Crippen LogP contribution < -0.4 is 24.8 Å². The Morgan fingerprint density at radius 1 is 0.558 bits per heavy atom. The molecule has 12 nitrogen and oxygen atoms in total. The van der Waals surface area contributed by atoms with Crippen LogP contribution in [0.1, 0.15) is 20.8 Å². The second-order valence-corrected chi connectivity index (χ2v) is 8.00. The van der Waals surface area contributed by atoms with E-state index in [1.165, 1.54) is 0 Å². The van der Waals surface area contributed by atoms with Gasteiger partial charge in [0.2, 0.25) is 0 Å². The number of phenolic OH excluding ortho intramolecular Hbond substituents is 2. The molecule has 13 heteroatoms. The van der Waals surface area contributed by atoms with Crippen molar-refractivity contribution in [1.82, 2.24) is 9.97 Å². The molecule has 43 heavy (non-hydrogen) atoms. The smallest absolute Gasteiger partial charge is 0.550 e. The van der Waals surface area contributed by atoms with Crippen molar-refractivity contribution in [2.24, 2.45) is 0 Å². The van der Waals surface area contributed by atoms with Gasteiger partial charge >= 0.3 is 17.1 Å². The number of carboxylic acid groups (broad SMARTS) is 3. The summed E-state index contributed by atoms with van der Waals surface area (Å²) in [5.41, 5.74) is 3.40. The third-order valence-electron chi connectivity index (χ3n) is 4.72. The van der Waals surface area contributed by atoms with Gasteiger partial charge in [0.1, 0.15) is 23.0 Å². The number of pyridine rings is 2. The molecule has 226 valence electrons. The molecule has 2 aromatic heterocycles. The zero-order valence-electron chi connectivity index (χ0n) is 23.9. The Morgan fingerprint density at radius 3 is 1.09 bits per heavy atom. The second-order valence-electron chi connectivity index (χ2n) is 8.00. The van der Waals surface area contributed by atoms with E-state index in [-0.39, 0.29) is 28.6 Å². The summed E-state index contributed by atoms with van der Waals surface area (Å²) in [5, 5.41) is 47.3. The van der Waals surface area contributed by atoms with Gasteiger partial charge in [-0.15, -0.1) is 0 Å². The van der Waals surface area contributed by atoms with Crippen LogP contribution in [0.5, 0.6) is 23.0 Å². The molecule has 0 atom stereocenters. The maximum absolute atomic E-state index is 10.3. The maximum Gasteiger partial charge on any atom is 3.00 e. The number of methoxy groups -OCH3 is 2. The number of aliphatic carboxylic acids is 3. The van der Waals surface area contributed by atoms with Crippen LogP contribution in [-0.4, -0.2) is 52.3 Å². The normalized spacial score (nSPS) is 9.14. The van der Waals surface area contributed by atoms with Crippen molar-refractivity contribution in [3.05, 3.63) is 72.8 Å². The molecule has 0 aliphatic rings. The molecule has 0 saturated heterocycles. The first-order valence-corrected chi connectivity index (χ1v) is 12.0. The molecular formula is C30H29MnN2O10. The number of rotatable bonds is 5. The van der Waals surface area contributed by atoms with Crippen molar-refractivity contribution in [3.8, 4) is 56.9 Å². The Hall–Kier alpha value is -5.13. The van der Waals surface area contributed by atoms with Crippen molar-refractivity contribution in [1.29, 1.82) is 0 Å². The molecule has 2 heterocycles. The molecule has 2 aromatic carbocycles. The van der Waals surface area contributed by atoms with Crippen molar-refractivity contribution < 1.29 is 66.5 Å². The first-order chi connectivity index (χ1) is 19.8. The molecule has 0 spiro atoms. The minimum Gasteiger partial charge on any atom is -0.550 e. The number of aromatic nitrogens is 2. The van der Waals surface area contributed by atoms with Crippen LogP contribution in [0.2, 0.25) is 0 Å². The van der Waals surface area contributed by atoms with E-state index in [0.717, 1.165) is 20.8 Å². The van der Waals surface area contributed by atoms with Crippen LogP contribution in [0, 0.1) is 0 Å². The van der Waals surface area contributed by atoms with Crippen LogP contribution in [0.3, 0.4) is 0 Å². The number of carboxylic acids is 3. The van der Waals surface area contributed by atoms with E-state index in [1.54, 1.807) is 62.8 Å². The summed E-state index contributed by atoms with van der Waals surface area (Å²) in [6.07, 6.45) is 0. The average molecular weight is 633 g/mol. The van der Waals surface area contributed by atoms with Gasteiger partial charge in [-0.2, -0.15) is 0 Å². The number of nitrogens with zero attached hydrogens (tertiary/aromatic N) is 2. The Labute approximate surface area is 258 Å². The monoisotopic (exact) mass is 632 g/mol. The third kappa shape index (κ3) is 12.9. The fraction of sp³-hybridized carbons (Fsp3) is 0.167. The minimum absolute atomic E-state index is 0. The standard InChI is InChI=1S/C24H20N2O4.3C2H4O2.Mn/c1-29-21-13-5-11-19(27)23(21)17-9-3-7-15(25-17)16-8-4-10-18(26-16)24-20(28)12-6-14-22(24)30-2;3*1-2(3)4;/h3-14,27-28H,1-2H3;3*1H3,(H,3,4);/q;;;;+3/p-3. The number of aromatic hydroxyl groups is 2. The van der Waals surface area contributed by atoms with Gasteiger partial charge in [0.25, 0.3) is 0 Å². The molecule has 0 amide bonds. The van der Waals surface area contributed by atoms with E-state index >= 15 is 0 Å². The molecule has 4 aromatic rings. The van der Waals surface area contributed by atoms with Crippen molar-refractivity contribution in [3.63, 3.8) is 0 Å². The number of hydrogen-bond donors (Lipinski definition) is 2. The summed E-state index contributed by atoms with van der Waals surface area (Å²) in [5.74, 6) is -2.03. The number of ether oxygens (including phenoxy) is 2. The summed E-state index contributed by atoms with van der Waals surface area (Å²) in [6.45, 7) is 2.92. The first kappa shape index (κ1) is 37.9. The fourth-order valence-corrected chi connectivity index (χ4v) is 3.33. The molecule has 0 bridgehead atoms. The molecule has 0 aliphatic carbocycles. The predicted octanol–water partition coefficient (Wildman–Crippen LogP) is 1.17. The SMILES string of the molecule is CC(=O)[O-].CC(=O)[O-].CC(=O)[O-].COc1cccc(O)c1-c1cccc(-c2cccc(-c3c(O)cccc3OC)n2)n1.[Mn+3]. The third-order valence-corrected chi connectivity index (χ3v) is 4.72. The Balaban J connectivity index is 0.00000116. The average Bonchev–Trinajstić information content (AvgIpc) is 2.92. The molecular weight excluding hydrogens is 603 g/mol. The summed E-state index contributed by atoms with van der Waals surface area (Å²) in [6, 6.07) is 21.1. The van der Waals surface area contributed by atoms with Gasteiger partial charge in [-0.3, -0.25) is 0 Å². The minimum atomic E-state index is -1.08. The van der Waals surface area contributed by atoms with Gasteiger partial charge in [-0.1, -0.05) is 24.3 Å². The largest absolute Gasteiger partial charge is 3.00 e. The molecule has 4 rings (SSSR count). The zero-order valence-corrected chi connectivity index (χ0v) is 25.0. The predicted molar refractivity (Wildman–Crippen MR) is 147 cm³/mol. The van der Waals surface area contributed by atoms with E-state index in [1.807, 2.05) is 24.3 Å². The number of hydrogen-bond acceptors (Lipinski definition) is 12. The first-order valence-electron chi connectivity index (χ1n) is 12.0. The van der Waals surface area contributed by atoms with Crippen LogP contribution in [0.15, 0.2) is 72.8 Å². The van der Waals surface area contributed by atoms with E-state index in [2.05, 4.69) is 9.97 Å². The Morgan fingerprint density at radius 2 is 0.814 bits per heavy atom. The summed E-state index contributed by atoms with van der Waals surface area (Å²) < 4.78 is 10.8. The van der Waals surface area contributed by atoms with Crippen LogP contribution in [-0.2, 0) is 31.5 Å². The topological polar surface area (TPSA) is 205 Å². The molecule has 0 aliphatic heterocycles. The van der Waals surface area contributed by atoms with Crippen molar-refractivity contribution >= 4 is 17.9 Å². The number of carbonyl (C=O) groups excluding carboxylic acids is 3. The second kappa shape index (κ2) is 19.1. The maximum atomic E-state index is 10.3. The van der Waals surface area contributed by atoms with E-state index in [0.29, 0.717) is 45.4 Å². The summed E-state index contributed by atoms with van der Waals surface area (Å²) in [4.78, 5) is 36.0. The summed E-state index contributed by atoms with van der Waals surface area (Å²) >= 11 is 0. The van der Waals surface area contributed by atoms with Crippen LogP contribution in [0.25, 0.3) is 33.9 Å². The van der Waals surface area contributed by atoms with Gasteiger partial charge in [0, 0.05) is 17.9 Å².